The standard InChI is InChI=1S/C18H19NO3/c1-21-15-8-9-16-14(12-15)10-11-19(18(20)22-2)17(16)13-6-4-3-5-7-13/h3-9,12,17H,10-11H2,1-2H3. The number of methoxy groups -OCH3 is 2. The summed E-state index contributed by atoms with van der Waals surface area (Å²) in [5.41, 5.74) is 3.43. The summed E-state index contributed by atoms with van der Waals surface area (Å²) in [6, 6.07) is 16.0. The predicted octanol–water partition coefficient (Wildman–Crippen LogP) is 3.41. The molecule has 3 rings (SSSR count). The van der Waals surface area contributed by atoms with E-state index in [2.05, 4.69) is 6.07 Å². The van der Waals surface area contributed by atoms with Crippen molar-refractivity contribution in [3.05, 3.63) is 65.2 Å². The number of carbonyl (C=O) groups excluding carboxylic acids is 1. The second-order valence-electron chi connectivity index (χ2n) is 5.29. The van der Waals surface area contributed by atoms with Crippen LogP contribution < -0.4 is 4.74 Å². The molecule has 0 N–H and O–H groups in total. The molecule has 0 radical (unpaired) electrons. The Hall–Kier alpha value is -2.49. The van der Waals surface area contributed by atoms with Gasteiger partial charge in [0.2, 0.25) is 0 Å². The molecule has 0 fully saturated rings. The van der Waals surface area contributed by atoms with Gasteiger partial charge in [0.15, 0.2) is 0 Å². The Labute approximate surface area is 130 Å². The van der Waals surface area contributed by atoms with Crippen molar-refractivity contribution in [1.82, 2.24) is 4.90 Å². The number of fused-ring (bicyclic) bond motifs is 1. The Morgan fingerprint density at radius 3 is 2.59 bits per heavy atom. The van der Waals surface area contributed by atoms with E-state index in [0.717, 1.165) is 23.3 Å². The maximum absolute atomic E-state index is 12.2. The molecule has 114 valence electrons. The number of ether oxygens (including phenoxy) is 2. The highest BCUT2D eigenvalue weighted by Crippen LogP contribution is 2.36. The average Bonchev–Trinajstić information content (AvgIpc) is 2.60. The minimum atomic E-state index is -0.296. The van der Waals surface area contributed by atoms with Gasteiger partial charge in [0, 0.05) is 6.54 Å². The molecule has 0 bridgehead atoms. The molecule has 1 heterocycles. The van der Waals surface area contributed by atoms with Gasteiger partial charge < -0.3 is 9.47 Å². The van der Waals surface area contributed by atoms with Crippen LogP contribution in [0.3, 0.4) is 0 Å². The van der Waals surface area contributed by atoms with E-state index in [1.54, 1.807) is 12.0 Å². The summed E-state index contributed by atoms with van der Waals surface area (Å²) in [6.07, 6.45) is 0.501. The molecule has 1 amide bonds. The third-order valence-corrected chi connectivity index (χ3v) is 4.10. The molecule has 0 saturated carbocycles. The molecule has 0 aliphatic carbocycles. The van der Waals surface area contributed by atoms with Crippen LogP contribution in [0.5, 0.6) is 5.75 Å². The number of carbonyl (C=O) groups is 1. The van der Waals surface area contributed by atoms with E-state index in [-0.39, 0.29) is 12.1 Å². The lowest BCUT2D eigenvalue weighted by Crippen LogP contribution is -2.40. The van der Waals surface area contributed by atoms with E-state index >= 15 is 0 Å². The van der Waals surface area contributed by atoms with Crippen LogP contribution in [0.2, 0.25) is 0 Å². The second kappa shape index (κ2) is 6.10. The van der Waals surface area contributed by atoms with Crippen LogP contribution in [-0.4, -0.2) is 31.8 Å². The van der Waals surface area contributed by atoms with Crippen molar-refractivity contribution in [2.24, 2.45) is 0 Å². The first-order chi connectivity index (χ1) is 10.7. The van der Waals surface area contributed by atoms with E-state index in [1.165, 1.54) is 12.7 Å². The van der Waals surface area contributed by atoms with Crippen LogP contribution in [0.15, 0.2) is 48.5 Å². The van der Waals surface area contributed by atoms with Gasteiger partial charge in [-0.05, 0) is 35.2 Å². The molecule has 0 saturated heterocycles. The van der Waals surface area contributed by atoms with Crippen molar-refractivity contribution in [2.45, 2.75) is 12.5 Å². The summed E-state index contributed by atoms with van der Waals surface area (Å²) >= 11 is 0. The number of amides is 1. The van der Waals surface area contributed by atoms with E-state index in [0.29, 0.717) is 6.54 Å². The van der Waals surface area contributed by atoms with Crippen molar-refractivity contribution in [1.29, 1.82) is 0 Å². The normalized spacial score (nSPS) is 16.8. The first-order valence-corrected chi connectivity index (χ1v) is 7.31. The quantitative estimate of drug-likeness (QED) is 0.852. The molecule has 1 unspecified atom stereocenters. The summed E-state index contributed by atoms with van der Waals surface area (Å²) in [6.45, 7) is 0.631. The van der Waals surface area contributed by atoms with Gasteiger partial charge in [0.25, 0.3) is 0 Å². The molecule has 4 nitrogen and oxygen atoms in total. The first-order valence-electron chi connectivity index (χ1n) is 7.31. The molecule has 2 aromatic rings. The van der Waals surface area contributed by atoms with Crippen molar-refractivity contribution < 1.29 is 14.3 Å². The molecule has 2 aromatic carbocycles. The minimum Gasteiger partial charge on any atom is -0.497 e. The molecule has 1 aliphatic rings. The Bertz CT molecular complexity index is 669. The van der Waals surface area contributed by atoms with Gasteiger partial charge >= 0.3 is 6.09 Å². The largest absolute Gasteiger partial charge is 0.497 e. The molecule has 1 atom stereocenters. The van der Waals surface area contributed by atoms with E-state index in [9.17, 15) is 4.79 Å². The van der Waals surface area contributed by atoms with Gasteiger partial charge in [-0.25, -0.2) is 4.79 Å². The molecule has 1 aliphatic heterocycles. The lowest BCUT2D eigenvalue weighted by molar-refractivity contribution is 0.109. The van der Waals surface area contributed by atoms with E-state index in [4.69, 9.17) is 9.47 Å². The van der Waals surface area contributed by atoms with Crippen molar-refractivity contribution >= 4 is 6.09 Å². The number of rotatable bonds is 2. The highest BCUT2D eigenvalue weighted by molar-refractivity contribution is 5.70. The maximum atomic E-state index is 12.2. The van der Waals surface area contributed by atoms with Gasteiger partial charge in [0.05, 0.1) is 20.3 Å². The van der Waals surface area contributed by atoms with E-state index < -0.39 is 0 Å². The van der Waals surface area contributed by atoms with Crippen molar-refractivity contribution in [3.63, 3.8) is 0 Å². The fourth-order valence-corrected chi connectivity index (χ4v) is 3.04. The van der Waals surface area contributed by atoms with Gasteiger partial charge in [-0.15, -0.1) is 0 Å². The highest BCUT2D eigenvalue weighted by atomic mass is 16.5. The summed E-state index contributed by atoms with van der Waals surface area (Å²) in [4.78, 5) is 13.9. The number of hydrogen-bond donors (Lipinski definition) is 0. The van der Waals surface area contributed by atoms with Crippen LogP contribution >= 0.6 is 0 Å². The fourth-order valence-electron chi connectivity index (χ4n) is 3.04. The summed E-state index contributed by atoms with van der Waals surface area (Å²) < 4.78 is 10.3. The Kier molecular flexibility index (Phi) is 4.00. The Balaban J connectivity index is 2.09. The molecular formula is C18H19NO3. The second-order valence-corrected chi connectivity index (χ2v) is 5.29. The molecular weight excluding hydrogens is 278 g/mol. The third-order valence-electron chi connectivity index (χ3n) is 4.10. The zero-order chi connectivity index (χ0) is 15.5. The SMILES string of the molecule is COC(=O)N1CCc2cc(OC)ccc2C1c1ccccc1. The highest BCUT2D eigenvalue weighted by Gasteiger charge is 2.32. The van der Waals surface area contributed by atoms with Gasteiger partial charge in [0.1, 0.15) is 5.75 Å². The van der Waals surface area contributed by atoms with Crippen LogP contribution in [0.1, 0.15) is 22.7 Å². The van der Waals surface area contributed by atoms with Crippen molar-refractivity contribution in [2.75, 3.05) is 20.8 Å². The van der Waals surface area contributed by atoms with Crippen LogP contribution in [0, 0.1) is 0 Å². The lowest BCUT2D eigenvalue weighted by atomic mass is 9.88. The number of hydrogen-bond acceptors (Lipinski definition) is 3. The lowest BCUT2D eigenvalue weighted by Gasteiger charge is -2.36. The van der Waals surface area contributed by atoms with Gasteiger partial charge in [-0.3, -0.25) is 4.90 Å². The van der Waals surface area contributed by atoms with Crippen LogP contribution in [-0.2, 0) is 11.2 Å². The summed E-state index contributed by atoms with van der Waals surface area (Å²) in [5, 5.41) is 0. The summed E-state index contributed by atoms with van der Waals surface area (Å²) in [5.74, 6) is 0.845. The third kappa shape index (κ3) is 2.52. The number of nitrogens with zero attached hydrogens (tertiary/aromatic N) is 1. The minimum absolute atomic E-state index is 0.122. The van der Waals surface area contributed by atoms with E-state index in [1.807, 2.05) is 42.5 Å². The molecule has 0 aromatic heterocycles. The Morgan fingerprint density at radius 2 is 1.91 bits per heavy atom. The van der Waals surface area contributed by atoms with Gasteiger partial charge in [-0.1, -0.05) is 36.4 Å². The Morgan fingerprint density at radius 1 is 1.14 bits per heavy atom. The molecule has 22 heavy (non-hydrogen) atoms. The topological polar surface area (TPSA) is 38.8 Å². The number of benzene rings is 2. The van der Waals surface area contributed by atoms with Gasteiger partial charge in [-0.2, -0.15) is 0 Å². The smallest absolute Gasteiger partial charge is 0.410 e. The monoisotopic (exact) mass is 297 g/mol. The zero-order valence-corrected chi connectivity index (χ0v) is 12.8. The maximum Gasteiger partial charge on any atom is 0.410 e. The average molecular weight is 297 g/mol. The fraction of sp³-hybridized carbons (Fsp3) is 0.278. The first kappa shape index (κ1) is 14.4. The molecule has 4 heteroatoms. The zero-order valence-electron chi connectivity index (χ0n) is 12.8. The van der Waals surface area contributed by atoms with Crippen LogP contribution in [0.4, 0.5) is 4.79 Å². The summed E-state index contributed by atoms with van der Waals surface area (Å²) in [7, 11) is 3.09. The predicted molar refractivity (Wildman–Crippen MR) is 84.1 cm³/mol. The molecule has 0 spiro atoms. The van der Waals surface area contributed by atoms with Crippen molar-refractivity contribution in [3.8, 4) is 5.75 Å². The van der Waals surface area contributed by atoms with Crippen LogP contribution in [0.25, 0.3) is 0 Å².